The number of carbonyl (C=O) groups is 1. The molecule has 2 aliphatic rings. The third-order valence-corrected chi connectivity index (χ3v) is 7.65. The molecule has 172 valence electrons. The maximum atomic E-state index is 13.3. The van der Waals surface area contributed by atoms with Gasteiger partial charge in [0.1, 0.15) is 0 Å². The molecule has 0 aliphatic carbocycles. The van der Waals surface area contributed by atoms with Crippen molar-refractivity contribution in [3.8, 4) is 17.2 Å². The van der Waals surface area contributed by atoms with Crippen LogP contribution in [0, 0.1) is 6.92 Å². The maximum Gasteiger partial charge on any atom is 0.254 e. The second-order valence-electron chi connectivity index (χ2n) is 8.99. The van der Waals surface area contributed by atoms with Gasteiger partial charge in [0.25, 0.3) is 5.91 Å². The lowest BCUT2D eigenvalue weighted by Gasteiger charge is -2.27. The number of pyridine rings is 1. The number of hydrogen-bond acceptors (Lipinski definition) is 6. The summed E-state index contributed by atoms with van der Waals surface area (Å²) < 4.78 is 14.3. The Morgan fingerprint density at radius 1 is 1.15 bits per heavy atom. The SMILES string of the molecule is Cc1ccnc(-c2cnc(-n3cc(S(C)=O)c4ccc(C(=O)N5C[C@@H]6C[C@H]5CN6)cc43)nc2)c1. The van der Waals surface area contributed by atoms with Crippen LogP contribution in [0.25, 0.3) is 28.1 Å². The van der Waals surface area contributed by atoms with E-state index in [0.29, 0.717) is 22.4 Å². The van der Waals surface area contributed by atoms with Crippen molar-refractivity contribution in [1.82, 2.24) is 29.7 Å². The number of likely N-dealkylation sites (tertiary alicyclic amines) is 1. The maximum absolute atomic E-state index is 13.3. The lowest BCUT2D eigenvalue weighted by Crippen LogP contribution is -2.46. The number of aromatic nitrogens is 4. The largest absolute Gasteiger partial charge is 0.333 e. The first-order chi connectivity index (χ1) is 16.5. The van der Waals surface area contributed by atoms with Gasteiger partial charge in [-0.15, -0.1) is 0 Å². The van der Waals surface area contributed by atoms with Gasteiger partial charge < -0.3 is 10.2 Å². The van der Waals surface area contributed by atoms with E-state index in [4.69, 9.17) is 0 Å². The van der Waals surface area contributed by atoms with Crippen molar-refractivity contribution in [2.75, 3.05) is 19.3 Å². The molecule has 0 radical (unpaired) electrons. The fourth-order valence-electron chi connectivity index (χ4n) is 4.97. The van der Waals surface area contributed by atoms with Gasteiger partial charge in [-0.2, -0.15) is 0 Å². The molecular formula is C25H24N6O2S. The van der Waals surface area contributed by atoms with Crippen LogP contribution < -0.4 is 5.32 Å². The molecule has 4 aromatic rings. The summed E-state index contributed by atoms with van der Waals surface area (Å²) in [4.78, 5) is 29.5. The van der Waals surface area contributed by atoms with Gasteiger partial charge in [-0.3, -0.25) is 18.6 Å². The molecule has 9 heteroatoms. The van der Waals surface area contributed by atoms with Crippen molar-refractivity contribution < 1.29 is 9.00 Å². The molecule has 6 rings (SSSR count). The van der Waals surface area contributed by atoms with Crippen LogP contribution in [0.2, 0.25) is 0 Å². The number of nitrogens with one attached hydrogen (secondary N) is 1. The highest BCUT2D eigenvalue weighted by molar-refractivity contribution is 7.84. The van der Waals surface area contributed by atoms with Crippen molar-refractivity contribution in [1.29, 1.82) is 0 Å². The molecule has 2 fully saturated rings. The van der Waals surface area contributed by atoms with Crippen LogP contribution in [-0.4, -0.2) is 66.0 Å². The monoisotopic (exact) mass is 472 g/mol. The number of benzene rings is 1. The van der Waals surface area contributed by atoms with Crippen LogP contribution in [0.1, 0.15) is 22.3 Å². The number of amides is 1. The summed E-state index contributed by atoms with van der Waals surface area (Å²) >= 11 is 0. The first kappa shape index (κ1) is 21.1. The fourth-order valence-corrected chi connectivity index (χ4v) is 5.71. The first-order valence-corrected chi connectivity index (χ1v) is 12.8. The Bertz CT molecular complexity index is 1450. The van der Waals surface area contributed by atoms with Crippen molar-refractivity contribution in [3.63, 3.8) is 0 Å². The summed E-state index contributed by atoms with van der Waals surface area (Å²) in [6.07, 6.45) is 9.71. The molecule has 0 saturated carbocycles. The zero-order valence-corrected chi connectivity index (χ0v) is 19.7. The number of fused-ring (bicyclic) bond motifs is 3. The van der Waals surface area contributed by atoms with E-state index in [-0.39, 0.29) is 11.9 Å². The second-order valence-corrected chi connectivity index (χ2v) is 10.3. The van der Waals surface area contributed by atoms with E-state index in [1.54, 1.807) is 31.0 Å². The minimum atomic E-state index is -1.20. The van der Waals surface area contributed by atoms with E-state index < -0.39 is 10.8 Å². The molecule has 1 unspecified atom stereocenters. The molecule has 3 atom stereocenters. The highest BCUT2D eigenvalue weighted by Gasteiger charge is 2.40. The number of aryl methyl sites for hydroxylation is 1. The Balaban J connectivity index is 1.40. The van der Waals surface area contributed by atoms with E-state index in [9.17, 15) is 9.00 Å². The molecule has 5 heterocycles. The highest BCUT2D eigenvalue weighted by Crippen LogP contribution is 2.30. The van der Waals surface area contributed by atoms with E-state index in [1.807, 2.05) is 46.7 Å². The summed E-state index contributed by atoms with van der Waals surface area (Å²) in [7, 11) is -1.20. The van der Waals surface area contributed by atoms with Crippen LogP contribution >= 0.6 is 0 Å². The van der Waals surface area contributed by atoms with Gasteiger partial charge in [-0.25, -0.2) is 9.97 Å². The molecule has 0 spiro atoms. The third-order valence-electron chi connectivity index (χ3n) is 6.71. The number of piperazine rings is 1. The Kier molecular flexibility index (Phi) is 5.04. The number of carbonyl (C=O) groups excluding carboxylic acids is 1. The zero-order chi connectivity index (χ0) is 23.4. The topological polar surface area (TPSA) is 93.0 Å². The van der Waals surface area contributed by atoms with Crippen LogP contribution in [0.5, 0.6) is 0 Å². The van der Waals surface area contributed by atoms with Crippen LogP contribution in [0.4, 0.5) is 0 Å². The summed E-state index contributed by atoms with van der Waals surface area (Å²) in [5, 5.41) is 4.26. The predicted octanol–water partition coefficient (Wildman–Crippen LogP) is 2.71. The Morgan fingerprint density at radius 2 is 1.97 bits per heavy atom. The van der Waals surface area contributed by atoms with Crippen LogP contribution in [0.15, 0.2) is 60.0 Å². The van der Waals surface area contributed by atoms with Gasteiger partial charge in [0.2, 0.25) is 5.95 Å². The standard InChI is InChI=1S/C25H24N6O2S/c1-15-5-6-26-21(7-15)17-10-28-25(29-11-17)31-14-23(34(2)33)20-4-3-16(8-22(20)31)24(32)30-13-18-9-19(30)12-27-18/h3-8,10-11,14,18-19,27H,9,12-13H2,1-2H3/t18-,19-,34?/m0/s1. The summed E-state index contributed by atoms with van der Waals surface area (Å²) in [5.41, 5.74) is 4.12. The molecule has 1 aromatic carbocycles. The molecule has 2 aliphatic heterocycles. The number of rotatable bonds is 4. The lowest BCUT2D eigenvalue weighted by molar-refractivity contribution is 0.0716. The van der Waals surface area contributed by atoms with E-state index >= 15 is 0 Å². The predicted molar refractivity (Wildman–Crippen MR) is 130 cm³/mol. The molecule has 3 aromatic heterocycles. The van der Waals surface area contributed by atoms with E-state index in [0.717, 1.165) is 47.2 Å². The molecule has 34 heavy (non-hydrogen) atoms. The second kappa shape index (κ2) is 8.11. The minimum Gasteiger partial charge on any atom is -0.333 e. The Labute approximate surface area is 199 Å². The van der Waals surface area contributed by atoms with Gasteiger partial charge >= 0.3 is 0 Å². The Hall–Kier alpha value is -3.43. The molecule has 8 nitrogen and oxygen atoms in total. The smallest absolute Gasteiger partial charge is 0.254 e. The van der Waals surface area contributed by atoms with Gasteiger partial charge in [-0.05, 0) is 43.2 Å². The minimum absolute atomic E-state index is 0.0320. The fraction of sp³-hybridized carbons (Fsp3) is 0.280. The Morgan fingerprint density at radius 3 is 2.65 bits per heavy atom. The van der Waals surface area contributed by atoms with Crippen molar-refractivity contribution in [3.05, 3.63) is 66.2 Å². The van der Waals surface area contributed by atoms with Crippen molar-refractivity contribution >= 4 is 27.6 Å². The third kappa shape index (κ3) is 3.52. The normalized spacial score (nSPS) is 20.2. The zero-order valence-electron chi connectivity index (χ0n) is 18.9. The van der Waals surface area contributed by atoms with Crippen LogP contribution in [0.3, 0.4) is 0 Å². The first-order valence-electron chi connectivity index (χ1n) is 11.3. The highest BCUT2D eigenvalue weighted by atomic mass is 32.2. The van der Waals surface area contributed by atoms with Crippen LogP contribution in [-0.2, 0) is 10.8 Å². The average molecular weight is 473 g/mol. The molecule has 2 saturated heterocycles. The van der Waals surface area contributed by atoms with Gasteiger partial charge in [0.05, 0.1) is 26.9 Å². The molecule has 1 amide bonds. The molecular weight excluding hydrogens is 448 g/mol. The van der Waals surface area contributed by atoms with Gasteiger partial charge in [0, 0.05) is 72.7 Å². The quantitative estimate of drug-likeness (QED) is 0.491. The van der Waals surface area contributed by atoms with Gasteiger partial charge in [-0.1, -0.05) is 6.07 Å². The summed E-state index contributed by atoms with van der Waals surface area (Å²) in [6.45, 7) is 3.61. The summed E-state index contributed by atoms with van der Waals surface area (Å²) in [5.74, 6) is 0.483. The average Bonchev–Trinajstić information content (AvgIpc) is 3.58. The molecule has 2 bridgehead atoms. The van der Waals surface area contributed by atoms with Crippen molar-refractivity contribution in [2.45, 2.75) is 30.3 Å². The van der Waals surface area contributed by atoms with Gasteiger partial charge in [0.15, 0.2) is 0 Å². The van der Waals surface area contributed by atoms with E-state index in [2.05, 4.69) is 20.3 Å². The number of nitrogens with zero attached hydrogens (tertiary/aromatic N) is 5. The summed E-state index contributed by atoms with van der Waals surface area (Å²) in [6, 6.07) is 10.2. The number of hydrogen-bond donors (Lipinski definition) is 1. The lowest BCUT2D eigenvalue weighted by atomic mass is 10.1. The van der Waals surface area contributed by atoms with Crippen molar-refractivity contribution in [2.24, 2.45) is 0 Å². The van der Waals surface area contributed by atoms with E-state index in [1.165, 1.54) is 0 Å². The molecule has 1 N–H and O–H groups in total.